The molecule has 140 valence electrons. The maximum Gasteiger partial charge on any atom is 0.322 e. The smallest absolute Gasteiger partial charge is 0.322 e. The molecule has 0 saturated heterocycles. The van der Waals surface area contributed by atoms with Crippen molar-refractivity contribution in [2.45, 2.75) is 19.9 Å². The normalized spacial score (nSPS) is 13.6. The number of aliphatic imine (C=N–C) groups is 1. The molecule has 1 aromatic carbocycles. The third-order valence-corrected chi connectivity index (χ3v) is 4.94. The summed E-state index contributed by atoms with van der Waals surface area (Å²) in [5.74, 6) is -0.465. The summed E-state index contributed by atoms with van der Waals surface area (Å²) in [6.45, 7) is 2.48. The van der Waals surface area contributed by atoms with Crippen LogP contribution in [0.5, 0.6) is 0 Å². The number of para-hydroxylation sites is 1. The van der Waals surface area contributed by atoms with Crippen LogP contribution >= 0.6 is 0 Å². The van der Waals surface area contributed by atoms with E-state index < -0.39 is 11.3 Å². The van der Waals surface area contributed by atoms with Crippen LogP contribution < -0.4 is 5.43 Å². The zero-order valence-electron chi connectivity index (χ0n) is 15.4. The first-order chi connectivity index (χ1) is 13.6. The molecule has 0 radical (unpaired) electrons. The first-order valence-corrected chi connectivity index (χ1v) is 8.85. The SMILES string of the molecule is C/C=C\C(=N/C)c1cccc2c3c(oc12)-c1cc(=O)c(C(=O)N=O)cn1CC3. The van der Waals surface area contributed by atoms with E-state index in [2.05, 4.69) is 10.2 Å². The average Bonchev–Trinajstić information content (AvgIpc) is 3.10. The van der Waals surface area contributed by atoms with Crippen LogP contribution in [0.25, 0.3) is 22.4 Å². The maximum absolute atomic E-state index is 12.3. The monoisotopic (exact) mass is 375 g/mol. The number of hydrogen-bond acceptors (Lipinski definition) is 5. The number of carbonyl (C=O) groups is 1. The van der Waals surface area contributed by atoms with E-state index in [0.717, 1.165) is 22.2 Å². The zero-order chi connectivity index (χ0) is 19.8. The number of fused-ring (bicyclic) bond motifs is 5. The Kier molecular flexibility index (Phi) is 4.35. The van der Waals surface area contributed by atoms with Crippen LogP contribution in [0, 0.1) is 4.91 Å². The van der Waals surface area contributed by atoms with Gasteiger partial charge in [0.25, 0.3) is 0 Å². The lowest BCUT2D eigenvalue weighted by atomic mass is 9.99. The van der Waals surface area contributed by atoms with Gasteiger partial charge < -0.3 is 8.98 Å². The quantitative estimate of drug-likeness (QED) is 0.515. The molecule has 3 heterocycles. The van der Waals surface area contributed by atoms with Crippen molar-refractivity contribution in [2.24, 2.45) is 10.2 Å². The van der Waals surface area contributed by atoms with Crippen molar-refractivity contribution in [3.8, 4) is 11.5 Å². The van der Waals surface area contributed by atoms with Crippen molar-refractivity contribution >= 4 is 22.6 Å². The standard InChI is InChI=1S/C21H17N3O4/c1-3-5-16(22-2)14-7-4-6-12-13-8-9-24-11-15(21(26)23-27)18(25)10-17(24)20(13)28-19(12)14/h3-7,10-11H,8-9H2,1-2H3/b5-3-,22-16+. The Morgan fingerprint density at radius 3 is 2.82 bits per heavy atom. The highest BCUT2D eigenvalue weighted by Crippen LogP contribution is 2.38. The van der Waals surface area contributed by atoms with Crippen LogP contribution in [0.3, 0.4) is 0 Å². The van der Waals surface area contributed by atoms with Gasteiger partial charge in [0.2, 0.25) is 0 Å². The average molecular weight is 375 g/mol. The highest BCUT2D eigenvalue weighted by atomic mass is 16.3. The first-order valence-electron chi connectivity index (χ1n) is 8.85. The largest absolute Gasteiger partial charge is 0.453 e. The lowest BCUT2D eigenvalue weighted by Gasteiger charge is -2.18. The van der Waals surface area contributed by atoms with Gasteiger partial charge in [-0.05, 0) is 25.5 Å². The van der Waals surface area contributed by atoms with E-state index >= 15 is 0 Å². The van der Waals surface area contributed by atoms with E-state index in [1.165, 1.54) is 12.3 Å². The Bertz CT molecular complexity index is 1240. The van der Waals surface area contributed by atoms with Gasteiger partial charge >= 0.3 is 5.91 Å². The molecule has 0 bridgehead atoms. The maximum atomic E-state index is 12.3. The second-order valence-electron chi connectivity index (χ2n) is 6.48. The van der Waals surface area contributed by atoms with E-state index in [1.54, 1.807) is 11.6 Å². The van der Waals surface area contributed by atoms with Crippen LogP contribution in [0.1, 0.15) is 28.4 Å². The molecule has 4 rings (SSSR count). The van der Waals surface area contributed by atoms with Crippen molar-refractivity contribution in [3.05, 3.63) is 74.4 Å². The van der Waals surface area contributed by atoms with E-state index in [0.29, 0.717) is 30.0 Å². The topological polar surface area (TPSA) is 94.0 Å². The molecule has 1 amide bonds. The molecule has 0 saturated carbocycles. The van der Waals surface area contributed by atoms with Crippen LogP contribution in [-0.4, -0.2) is 23.2 Å². The van der Waals surface area contributed by atoms with Gasteiger partial charge in [0.05, 0.1) is 11.4 Å². The molecule has 28 heavy (non-hydrogen) atoms. The number of hydrogen-bond donors (Lipinski definition) is 0. The summed E-state index contributed by atoms with van der Waals surface area (Å²) in [5.41, 5.74) is 3.20. The minimum atomic E-state index is -1.06. The highest BCUT2D eigenvalue weighted by Gasteiger charge is 2.26. The number of rotatable bonds is 3. The predicted octanol–water partition coefficient (Wildman–Crippen LogP) is 3.72. The molecule has 0 atom stereocenters. The van der Waals surface area contributed by atoms with Gasteiger partial charge in [0.15, 0.2) is 11.2 Å². The van der Waals surface area contributed by atoms with Gasteiger partial charge in [0, 0.05) is 47.5 Å². The molecule has 0 aliphatic carbocycles. The fourth-order valence-electron chi connectivity index (χ4n) is 3.67. The number of benzene rings is 1. The van der Waals surface area contributed by atoms with Gasteiger partial charge in [-0.15, -0.1) is 4.91 Å². The molecule has 7 nitrogen and oxygen atoms in total. The molecule has 1 aliphatic heterocycles. The minimum Gasteiger partial charge on any atom is -0.453 e. The highest BCUT2D eigenvalue weighted by molar-refractivity contribution is 6.15. The van der Waals surface area contributed by atoms with E-state index in [1.807, 2.05) is 37.3 Å². The van der Waals surface area contributed by atoms with Gasteiger partial charge in [-0.2, -0.15) is 0 Å². The molecule has 7 heteroatoms. The lowest BCUT2D eigenvalue weighted by Crippen LogP contribution is -2.20. The summed E-state index contributed by atoms with van der Waals surface area (Å²) in [7, 11) is 1.73. The molecule has 0 unspecified atom stereocenters. The third-order valence-electron chi connectivity index (χ3n) is 4.94. The third kappa shape index (κ3) is 2.63. The number of nitroso groups, excluding NO2 is 1. The Balaban J connectivity index is 1.97. The first kappa shape index (κ1) is 17.8. The molecular formula is C21H17N3O4. The fourth-order valence-corrected chi connectivity index (χ4v) is 3.67. The number of aromatic nitrogens is 1. The van der Waals surface area contributed by atoms with Gasteiger partial charge in [-0.3, -0.25) is 14.6 Å². The van der Waals surface area contributed by atoms with Crippen LogP contribution in [0.2, 0.25) is 0 Å². The molecule has 0 fully saturated rings. The Morgan fingerprint density at radius 1 is 1.29 bits per heavy atom. The van der Waals surface area contributed by atoms with Crippen molar-refractivity contribution in [1.82, 2.24) is 4.57 Å². The Morgan fingerprint density at radius 2 is 2.11 bits per heavy atom. The molecular weight excluding hydrogens is 358 g/mol. The van der Waals surface area contributed by atoms with Crippen molar-refractivity contribution in [2.75, 3.05) is 7.05 Å². The molecule has 0 N–H and O–H groups in total. The minimum absolute atomic E-state index is 0.229. The summed E-state index contributed by atoms with van der Waals surface area (Å²) in [6, 6.07) is 7.23. The molecule has 2 aromatic heterocycles. The number of pyridine rings is 1. The van der Waals surface area contributed by atoms with Crippen LogP contribution in [-0.2, 0) is 13.0 Å². The summed E-state index contributed by atoms with van der Waals surface area (Å²) >= 11 is 0. The van der Waals surface area contributed by atoms with E-state index in [4.69, 9.17) is 4.42 Å². The lowest BCUT2D eigenvalue weighted by molar-refractivity contribution is 0.0999. The second-order valence-corrected chi connectivity index (χ2v) is 6.48. The Labute approximate surface area is 160 Å². The number of nitrogens with zero attached hydrogens (tertiary/aromatic N) is 3. The van der Waals surface area contributed by atoms with E-state index in [-0.39, 0.29) is 5.56 Å². The summed E-state index contributed by atoms with van der Waals surface area (Å²) in [6.07, 6.45) is 5.89. The molecule has 3 aromatic rings. The summed E-state index contributed by atoms with van der Waals surface area (Å²) in [5, 5.41) is 3.34. The number of furan rings is 1. The van der Waals surface area contributed by atoms with Gasteiger partial charge in [-0.25, -0.2) is 0 Å². The number of aryl methyl sites for hydroxylation is 2. The van der Waals surface area contributed by atoms with Crippen LogP contribution in [0.4, 0.5) is 0 Å². The number of allylic oxidation sites excluding steroid dienone is 2. The predicted molar refractivity (Wildman–Crippen MR) is 107 cm³/mol. The van der Waals surface area contributed by atoms with E-state index in [9.17, 15) is 14.5 Å². The summed E-state index contributed by atoms with van der Waals surface area (Å²) < 4.78 is 7.97. The molecule has 0 spiro atoms. The van der Waals surface area contributed by atoms with Crippen molar-refractivity contribution in [1.29, 1.82) is 0 Å². The zero-order valence-corrected chi connectivity index (χ0v) is 15.4. The van der Waals surface area contributed by atoms with Crippen LogP contribution in [0.15, 0.2) is 62.0 Å². The fraction of sp³-hybridized carbons (Fsp3) is 0.190. The van der Waals surface area contributed by atoms with Gasteiger partial charge in [-0.1, -0.05) is 18.2 Å². The Hall–Kier alpha value is -3.61. The van der Waals surface area contributed by atoms with Crippen molar-refractivity contribution in [3.63, 3.8) is 0 Å². The summed E-state index contributed by atoms with van der Waals surface area (Å²) in [4.78, 5) is 38.8. The second kappa shape index (κ2) is 6.84. The van der Waals surface area contributed by atoms with Crippen molar-refractivity contribution < 1.29 is 9.21 Å². The van der Waals surface area contributed by atoms with Gasteiger partial charge in [0.1, 0.15) is 11.1 Å². The number of carbonyl (C=O) groups excluding carboxylic acids is 1. The number of amides is 1. The molecule has 1 aliphatic rings.